The summed E-state index contributed by atoms with van der Waals surface area (Å²) < 4.78 is 25.1. The van der Waals surface area contributed by atoms with E-state index < -0.39 is 0 Å². The Bertz CT molecular complexity index is 420. The Hall–Kier alpha value is -1.45. The minimum absolute atomic E-state index is 0.269. The number of hydrogen-bond donors (Lipinski definition) is 1. The van der Waals surface area contributed by atoms with Gasteiger partial charge in [0.05, 0.1) is 18.9 Å². The minimum Gasteiger partial charge on any atom is -0.489 e. The van der Waals surface area contributed by atoms with Gasteiger partial charge >= 0.3 is 0 Å². The van der Waals surface area contributed by atoms with Crippen LogP contribution in [0.4, 0.5) is 10.1 Å². The Morgan fingerprint density at radius 2 is 2.06 bits per heavy atom. The van der Waals surface area contributed by atoms with Crippen LogP contribution in [0.5, 0.6) is 11.5 Å². The molecule has 0 saturated carbocycles. The fraction of sp³-hybridized carbons (Fsp3) is 0.500. The number of rotatable bonds is 0. The lowest BCUT2D eigenvalue weighted by molar-refractivity contribution is 0.292. The minimum atomic E-state index is -0.297. The lowest BCUT2D eigenvalue weighted by Gasteiger charge is -2.21. The molecule has 0 radical (unpaired) electrons. The van der Waals surface area contributed by atoms with E-state index in [1.165, 1.54) is 0 Å². The van der Waals surface area contributed by atoms with Gasteiger partial charge in [-0.05, 0) is 24.5 Å². The third-order valence-electron chi connectivity index (χ3n) is 2.99. The first-order valence-corrected chi connectivity index (χ1v) is 5.71. The van der Waals surface area contributed by atoms with E-state index in [4.69, 9.17) is 9.47 Å². The highest BCUT2D eigenvalue weighted by molar-refractivity contribution is 5.63. The van der Waals surface area contributed by atoms with Gasteiger partial charge in [0.1, 0.15) is 0 Å². The molecule has 0 fully saturated rings. The number of anilines is 1. The van der Waals surface area contributed by atoms with Crippen molar-refractivity contribution in [3.8, 4) is 11.5 Å². The lowest BCUT2D eigenvalue weighted by atomic mass is 10.0. The molecule has 2 aliphatic heterocycles. The zero-order valence-corrected chi connectivity index (χ0v) is 9.01. The van der Waals surface area contributed by atoms with Crippen molar-refractivity contribution in [3.63, 3.8) is 0 Å². The molecular weight excluding hydrogens is 209 g/mol. The molecular formula is C12H14FNO2. The summed E-state index contributed by atoms with van der Waals surface area (Å²) in [4.78, 5) is 0. The van der Waals surface area contributed by atoms with Crippen molar-refractivity contribution in [2.24, 2.45) is 0 Å². The standard InChI is InChI=1S/C12H14FNO2/c13-10-11-8(3-1-4-14-11)7-9-12(10)16-6-2-5-15-9/h7,14H,1-6H2. The molecule has 3 nitrogen and oxygen atoms in total. The van der Waals surface area contributed by atoms with Gasteiger partial charge < -0.3 is 14.8 Å². The van der Waals surface area contributed by atoms with Crippen molar-refractivity contribution < 1.29 is 13.9 Å². The normalized spacial score (nSPS) is 18.3. The predicted octanol–water partition coefficient (Wildman–Crippen LogP) is 2.35. The van der Waals surface area contributed by atoms with E-state index in [1.54, 1.807) is 0 Å². The van der Waals surface area contributed by atoms with Crippen molar-refractivity contribution in [1.82, 2.24) is 0 Å². The summed E-state index contributed by atoms with van der Waals surface area (Å²) >= 11 is 0. The van der Waals surface area contributed by atoms with E-state index in [-0.39, 0.29) is 11.6 Å². The molecule has 2 aliphatic rings. The first-order valence-electron chi connectivity index (χ1n) is 5.71. The van der Waals surface area contributed by atoms with Gasteiger partial charge in [0.15, 0.2) is 17.3 Å². The van der Waals surface area contributed by atoms with Crippen LogP contribution in [0.3, 0.4) is 0 Å². The molecule has 0 saturated heterocycles. The van der Waals surface area contributed by atoms with Gasteiger partial charge in [-0.3, -0.25) is 0 Å². The fourth-order valence-electron chi connectivity index (χ4n) is 2.20. The maximum atomic E-state index is 14.1. The van der Waals surface area contributed by atoms with Gasteiger partial charge in [-0.25, -0.2) is 4.39 Å². The molecule has 4 heteroatoms. The topological polar surface area (TPSA) is 30.5 Å². The molecule has 3 rings (SSSR count). The average molecular weight is 223 g/mol. The molecule has 1 aromatic carbocycles. The van der Waals surface area contributed by atoms with Crippen LogP contribution >= 0.6 is 0 Å². The summed E-state index contributed by atoms with van der Waals surface area (Å²) in [6.45, 7) is 1.94. The highest BCUT2D eigenvalue weighted by Crippen LogP contribution is 2.40. The first kappa shape index (κ1) is 9.75. The van der Waals surface area contributed by atoms with Crippen molar-refractivity contribution in [1.29, 1.82) is 0 Å². The van der Waals surface area contributed by atoms with Crippen molar-refractivity contribution in [2.45, 2.75) is 19.3 Å². The molecule has 1 aromatic rings. The molecule has 0 bridgehead atoms. The zero-order chi connectivity index (χ0) is 11.0. The lowest BCUT2D eigenvalue weighted by Crippen LogP contribution is -2.14. The van der Waals surface area contributed by atoms with Crippen LogP contribution in [0.2, 0.25) is 0 Å². The van der Waals surface area contributed by atoms with Crippen molar-refractivity contribution in [3.05, 3.63) is 17.4 Å². The van der Waals surface area contributed by atoms with Crippen LogP contribution in [-0.4, -0.2) is 19.8 Å². The Morgan fingerprint density at radius 1 is 1.19 bits per heavy atom. The highest BCUT2D eigenvalue weighted by Gasteiger charge is 2.23. The van der Waals surface area contributed by atoms with E-state index >= 15 is 0 Å². The second-order valence-corrected chi connectivity index (χ2v) is 4.13. The second kappa shape index (κ2) is 3.85. The number of benzene rings is 1. The third-order valence-corrected chi connectivity index (χ3v) is 2.99. The van der Waals surface area contributed by atoms with Crippen LogP contribution in [0.1, 0.15) is 18.4 Å². The predicted molar refractivity (Wildman–Crippen MR) is 58.8 cm³/mol. The quantitative estimate of drug-likeness (QED) is 0.732. The molecule has 0 atom stereocenters. The van der Waals surface area contributed by atoms with Crippen LogP contribution in [0, 0.1) is 5.82 Å². The number of nitrogens with one attached hydrogen (secondary N) is 1. The molecule has 1 N–H and O–H groups in total. The second-order valence-electron chi connectivity index (χ2n) is 4.13. The van der Waals surface area contributed by atoms with Crippen molar-refractivity contribution in [2.75, 3.05) is 25.1 Å². The summed E-state index contributed by atoms with van der Waals surface area (Å²) in [6.07, 6.45) is 2.73. The fourth-order valence-corrected chi connectivity index (χ4v) is 2.20. The summed E-state index contributed by atoms with van der Waals surface area (Å²) in [5, 5.41) is 3.09. The Kier molecular flexibility index (Phi) is 2.35. The summed E-state index contributed by atoms with van der Waals surface area (Å²) in [7, 11) is 0. The molecule has 0 unspecified atom stereocenters. The monoisotopic (exact) mass is 223 g/mol. The summed E-state index contributed by atoms with van der Waals surface area (Å²) in [6, 6.07) is 1.91. The maximum Gasteiger partial charge on any atom is 0.199 e. The Labute approximate surface area is 93.6 Å². The molecule has 0 aromatic heterocycles. The molecule has 0 aliphatic carbocycles. The number of ether oxygens (including phenoxy) is 2. The maximum absolute atomic E-state index is 14.1. The van der Waals surface area contributed by atoms with Gasteiger partial charge in [0.2, 0.25) is 0 Å². The van der Waals surface area contributed by atoms with Crippen molar-refractivity contribution >= 4 is 5.69 Å². The van der Waals surface area contributed by atoms with E-state index in [0.29, 0.717) is 24.7 Å². The van der Waals surface area contributed by atoms with E-state index in [1.807, 2.05) is 6.07 Å². The molecule has 0 spiro atoms. The number of aryl methyl sites for hydroxylation is 1. The smallest absolute Gasteiger partial charge is 0.199 e. The van der Waals surface area contributed by atoms with Crippen LogP contribution < -0.4 is 14.8 Å². The summed E-state index contributed by atoms with van der Waals surface area (Å²) in [5.74, 6) is 0.525. The Morgan fingerprint density at radius 3 is 3.00 bits per heavy atom. The molecule has 86 valence electrons. The van der Waals surface area contributed by atoms with Crippen LogP contribution in [-0.2, 0) is 6.42 Å². The highest BCUT2D eigenvalue weighted by atomic mass is 19.1. The number of fused-ring (bicyclic) bond motifs is 2. The number of halogens is 1. The zero-order valence-electron chi connectivity index (χ0n) is 9.01. The average Bonchev–Trinajstić information content (AvgIpc) is 2.55. The van der Waals surface area contributed by atoms with Gasteiger partial charge in [-0.2, -0.15) is 0 Å². The summed E-state index contributed by atoms with van der Waals surface area (Å²) in [5.41, 5.74) is 1.59. The van der Waals surface area contributed by atoms with Crippen LogP contribution in [0.15, 0.2) is 6.07 Å². The SMILES string of the molecule is Fc1c2c(cc3c1OCCCO3)CCCN2. The molecule has 16 heavy (non-hydrogen) atoms. The molecule has 2 heterocycles. The van der Waals surface area contributed by atoms with E-state index in [2.05, 4.69) is 5.32 Å². The molecule has 0 amide bonds. The number of hydrogen-bond acceptors (Lipinski definition) is 3. The Balaban J connectivity index is 2.12. The van der Waals surface area contributed by atoms with E-state index in [9.17, 15) is 4.39 Å². The van der Waals surface area contributed by atoms with Gasteiger partial charge in [-0.15, -0.1) is 0 Å². The van der Waals surface area contributed by atoms with E-state index in [0.717, 1.165) is 31.4 Å². The first-order chi connectivity index (χ1) is 7.86. The third kappa shape index (κ3) is 1.49. The van der Waals surface area contributed by atoms with Gasteiger partial charge in [-0.1, -0.05) is 0 Å². The van der Waals surface area contributed by atoms with Gasteiger partial charge in [0.25, 0.3) is 0 Å². The van der Waals surface area contributed by atoms with Crippen LogP contribution in [0.25, 0.3) is 0 Å². The largest absolute Gasteiger partial charge is 0.489 e. The van der Waals surface area contributed by atoms with Gasteiger partial charge in [0, 0.05) is 13.0 Å².